The summed E-state index contributed by atoms with van der Waals surface area (Å²) in [5.74, 6) is 0.700. The van der Waals surface area contributed by atoms with Crippen molar-refractivity contribution in [2.24, 2.45) is 0 Å². The first-order valence-electron chi connectivity index (χ1n) is 11.4. The lowest BCUT2D eigenvalue weighted by Gasteiger charge is -2.26. The monoisotopic (exact) mass is 558 g/mol. The zero-order valence-corrected chi connectivity index (χ0v) is 22.3. The van der Waals surface area contributed by atoms with Gasteiger partial charge in [0.15, 0.2) is 0 Å². The summed E-state index contributed by atoms with van der Waals surface area (Å²) in [6.45, 7) is 9.12. The number of pyridine rings is 2. The Morgan fingerprint density at radius 3 is 1.52 bits per heavy atom. The van der Waals surface area contributed by atoms with Gasteiger partial charge in [0.05, 0.1) is 11.4 Å². The highest BCUT2D eigenvalue weighted by Crippen LogP contribution is 2.51. The zero-order valence-electron chi connectivity index (χ0n) is 19.1. The van der Waals surface area contributed by atoms with E-state index in [1.54, 1.807) is 0 Å². The molecule has 2 heterocycles. The molecule has 0 aliphatic heterocycles. The van der Waals surface area contributed by atoms with Gasteiger partial charge in [-0.05, 0) is 132 Å². The molecule has 4 aliphatic carbocycles. The van der Waals surface area contributed by atoms with Crippen LogP contribution in [0.25, 0.3) is 12.2 Å². The number of nitrogens with zero attached hydrogens (tertiary/aromatic N) is 2. The van der Waals surface area contributed by atoms with E-state index in [-0.39, 0.29) is 0 Å². The quantitative estimate of drug-likeness (QED) is 0.344. The van der Waals surface area contributed by atoms with E-state index in [2.05, 4.69) is 96.0 Å². The molecule has 0 aromatic carbocycles. The van der Waals surface area contributed by atoms with Gasteiger partial charge < -0.3 is 0 Å². The predicted octanol–water partition coefficient (Wildman–Crippen LogP) is 8.61. The highest BCUT2D eigenvalue weighted by atomic mass is 79.9. The normalized spacial score (nSPS) is 22.8. The van der Waals surface area contributed by atoms with Crippen LogP contribution in [0.4, 0.5) is 0 Å². The first-order valence-corrected chi connectivity index (χ1v) is 13.0. The second-order valence-corrected chi connectivity index (χ2v) is 11.1. The van der Waals surface area contributed by atoms with Crippen LogP contribution in [0.1, 0.15) is 68.5 Å². The molecule has 2 aromatic heterocycles. The standard InChI is InChI=1S/C29H24Br2N2/c1-14-9-22-16(3)18-5-7-28(30)32-26(18)12-24(22)20(14)11-21-15(2)10-23-17(4)19-6-8-29(31)33-27(19)13-25(21)23/h5-10,12-13,16-17H,11H2,1-4H3. The van der Waals surface area contributed by atoms with Crippen molar-refractivity contribution in [2.75, 3.05) is 0 Å². The maximum absolute atomic E-state index is 4.78. The lowest BCUT2D eigenvalue weighted by molar-refractivity contribution is 0.873. The largest absolute Gasteiger partial charge is 0.241 e. The number of fused-ring (bicyclic) bond motifs is 4. The van der Waals surface area contributed by atoms with Crippen LogP contribution in [0.3, 0.4) is 0 Å². The predicted molar refractivity (Wildman–Crippen MR) is 143 cm³/mol. The maximum Gasteiger partial charge on any atom is 0.106 e. The van der Waals surface area contributed by atoms with Crippen LogP contribution in [0.15, 0.2) is 90.2 Å². The van der Waals surface area contributed by atoms with Crippen LogP contribution in [0.5, 0.6) is 0 Å². The molecule has 4 heteroatoms. The second kappa shape index (κ2) is 7.61. The molecule has 164 valence electrons. The van der Waals surface area contributed by atoms with E-state index >= 15 is 0 Å². The summed E-state index contributed by atoms with van der Waals surface area (Å²) in [5, 5.41) is 0. The SMILES string of the molecule is CC1=C(CC2=C(C)C=C3C2=Cc2nc(Br)ccc2C3C)C2=Cc3nc(Br)ccc3C(C)C2=C1. The van der Waals surface area contributed by atoms with Gasteiger partial charge in [-0.3, -0.25) is 0 Å². The molecule has 2 unspecified atom stereocenters. The Hall–Kier alpha value is -2.30. The Kier molecular flexibility index (Phi) is 4.90. The minimum atomic E-state index is 0.350. The van der Waals surface area contributed by atoms with Crippen molar-refractivity contribution in [3.05, 3.63) is 113 Å². The Bertz CT molecular complexity index is 1340. The Morgan fingerprint density at radius 1 is 0.667 bits per heavy atom. The van der Waals surface area contributed by atoms with E-state index in [0.717, 1.165) is 27.0 Å². The molecule has 4 aliphatic rings. The number of halogens is 2. The summed E-state index contributed by atoms with van der Waals surface area (Å²) >= 11 is 7.11. The number of hydrogen-bond donors (Lipinski definition) is 0. The molecule has 33 heavy (non-hydrogen) atoms. The molecule has 2 nitrogen and oxygen atoms in total. The summed E-state index contributed by atoms with van der Waals surface area (Å²) in [4.78, 5) is 9.57. The number of allylic oxidation sites excluding steroid dienone is 10. The molecule has 0 bridgehead atoms. The summed E-state index contributed by atoms with van der Waals surface area (Å²) in [7, 11) is 0. The van der Waals surface area contributed by atoms with E-state index in [1.165, 1.54) is 55.7 Å². The molecule has 2 aromatic rings. The van der Waals surface area contributed by atoms with E-state index in [0.29, 0.717) is 11.8 Å². The highest BCUT2D eigenvalue weighted by molar-refractivity contribution is 9.10. The highest BCUT2D eigenvalue weighted by Gasteiger charge is 2.34. The smallest absolute Gasteiger partial charge is 0.106 e. The Labute approximate surface area is 211 Å². The molecule has 0 fully saturated rings. The summed E-state index contributed by atoms with van der Waals surface area (Å²) in [6, 6.07) is 8.50. The van der Waals surface area contributed by atoms with Gasteiger partial charge in [0.2, 0.25) is 0 Å². The van der Waals surface area contributed by atoms with Crippen molar-refractivity contribution >= 4 is 44.0 Å². The summed E-state index contributed by atoms with van der Waals surface area (Å²) in [6.07, 6.45) is 10.3. The zero-order chi connectivity index (χ0) is 23.0. The van der Waals surface area contributed by atoms with Crippen molar-refractivity contribution in [3.8, 4) is 0 Å². The Morgan fingerprint density at radius 2 is 1.09 bits per heavy atom. The third kappa shape index (κ3) is 3.25. The fourth-order valence-corrected chi connectivity index (χ4v) is 6.41. The number of rotatable bonds is 2. The van der Waals surface area contributed by atoms with Gasteiger partial charge in [0.25, 0.3) is 0 Å². The lowest BCUT2D eigenvalue weighted by Crippen LogP contribution is -2.11. The van der Waals surface area contributed by atoms with Gasteiger partial charge in [0.1, 0.15) is 9.21 Å². The third-order valence-electron chi connectivity index (χ3n) is 7.60. The van der Waals surface area contributed by atoms with Crippen LogP contribution in [-0.2, 0) is 0 Å². The van der Waals surface area contributed by atoms with Crippen molar-refractivity contribution < 1.29 is 0 Å². The molecule has 2 atom stereocenters. The van der Waals surface area contributed by atoms with Gasteiger partial charge in [-0.1, -0.05) is 38.1 Å². The van der Waals surface area contributed by atoms with Crippen LogP contribution in [0, 0.1) is 0 Å². The van der Waals surface area contributed by atoms with Gasteiger partial charge in [-0.25, -0.2) is 9.97 Å². The van der Waals surface area contributed by atoms with Gasteiger partial charge in [-0.2, -0.15) is 0 Å². The fraction of sp³-hybridized carbons (Fsp3) is 0.241. The molecule has 0 saturated carbocycles. The molecular weight excluding hydrogens is 536 g/mol. The van der Waals surface area contributed by atoms with Crippen molar-refractivity contribution in [1.29, 1.82) is 0 Å². The Balaban J connectivity index is 1.41. The molecule has 0 spiro atoms. The molecule has 6 rings (SSSR count). The minimum absolute atomic E-state index is 0.350. The second-order valence-electron chi connectivity index (χ2n) is 9.48. The average Bonchev–Trinajstić information content (AvgIpc) is 3.25. The van der Waals surface area contributed by atoms with E-state index < -0.39 is 0 Å². The topological polar surface area (TPSA) is 25.8 Å². The number of hydrogen-bond acceptors (Lipinski definition) is 2. The first kappa shape index (κ1) is 21.2. The molecule has 0 saturated heterocycles. The molecular formula is C29H24Br2N2. The van der Waals surface area contributed by atoms with Crippen molar-refractivity contribution in [1.82, 2.24) is 9.97 Å². The van der Waals surface area contributed by atoms with Crippen molar-refractivity contribution in [2.45, 2.75) is 46.0 Å². The first-order chi connectivity index (χ1) is 15.8. The van der Waals surface area contributed by atoms with Crippen molar-refractivity contribution in [3.63, 3.8) is 0 Å². The van der Waals surface area contributed by atoms with E-state index in [1.807, 2.05) is 12.1 Å². The van der Waals surface area contributed by atoms with E-state index in [9.17, 15) is 0 Å². The minimum Gasteiger partial charge on any atom is -0.241 e. The van der Waals surface area contributed by atoms with Gasteiger partial charge in [-0.15, -0.1) is 0 Å². The van der Waals surface area contributed by atoms with E-state index in [4.69, 9.17) is 9.97 Å². The molecule has 0 amide bonds. The summed E-state index contributed by atoms with van der Waals surface area (Å²) < 4.78 is 1.78. The molecule has 0 radical (unpaired) electrons. The van der Waals surface area contributed by atoms with Gasteiger partial charge in [0, 0.05) is 11.8 Å². The maximum atomic E-state index is 4.78. The van der Waals surface area contributed by atoms with Crippen LogP contribution < -0.4 is 0 Å². The third-order valence-corrected chi connectivity index (χ3v) is 8.48. The lowest BCUT2D eigenvalue weighted by atomic mass is 9.78. The van der Waals surface area contributed by atoms with Crippen LogP contribution in [0.2, 0.25) is 0 Å². The molecule has 0 N–H and O–H groups in total. The number of aromatic nitrogens is 2. The van der Waals surface area contributed by atoms with Gasteiger partial charge >= 0.3 is 0 Å². The average molecular weight is 560 g/mol. The van der Waals surface area contributed by atoms with Crippen LogP contribution >= 0.6 is 31.9 Å². The fourth-order valence-electron chi connectivity index (χ4n) is 5.77. The summed E-state index contributed by atoms with van der Waals surface area (Å²) in [5.41, 5.74) is 15.9. The van der Waals surface area contributed by atoms with Crippen LogP contribution in [-0.4, -0.2) is 9.97 Å².